The predicted molar refractivity (Wildman–Crippen MR) is 123 cm³/mol. The summed E-state index contributed by atoms with van der Waals surface area (Å²) in [7, 11) is 1.58. The average Bonchev–Trinajstić information content (AvgIpc) is 3.13. The van der Waals surface area contributed by atoms with E-state index >= 15 is 0 Å². The van der Waals surface area contributed by atoms with Gasteiger partial charge in [0.05, 0.1) is 28.3 Å². The zero-order valence-corrected chi connectivity index (χ0v) is 18.5. The van der Waals surface area contributed by atoms with Gasteiger partial charge in [0.1, 0.15) is 5.75 Å². The molecule has 2 aromatic carbocycles. The van der Waals surface area contributed by atoms with E-state index < -0.39 is 11.0 Å². The number of allylic oxidation sites excluding steroid dienone is 2. The number of Topliss-reactive ketones (excluding diaryl/α,β-unsaturated/α-hetero) is 1. The Labute approximate surface area is 191 Å². The van der Waals surface area contributed by atoms with Crippen molar-refractivity contribution in [1.29, 1.82) is 0 Å². The molecule has 2 aliphatic rings. The molecule has 166 valence electrons. The van der Waals surface area contributed by atoms with Gasteiger partial charge in [0.2, 0.25) is 0 Å². The van der Waals surface area contributed by atoms with Gasteiger partial charge in [0.15, 0.2) is 10.6 Å². The summed E-state index contributed by atoms with van der Waals surface area (Å²) in [5.41, 5.74) is 2.56. The Bertz CT molecular complexity index is 1480. The first-order chi connectivity index (χ1) is 16.0. The van der Waals surface area contributed by atoms with Crippen molar-refractivity contribution in [3.8, 4) is 5.75 Å². The molecule has 0 bridgehead atoms. The highest BCUT2D eigenvalue weighted by atomic mass is 32.1. The zero-order valence-electron chi connectivity index (χ0n) is 17.7. The molecular weight excluding hydrogens is 442 g/mol. The maximum absolute atomic E-state index is 13.5. The summed E-state index contributed by atoms with van der Waals surface area (Å²) >= 11 is 1.25. The van der Waals surface area contributed by atoms with Crippen LogP contribution in [-0.2, 0) is 4.79 Å². The molecule has 9 heteroatoms. The fourth-order valence-corrected chi connectivity index (χ4v) is 5.28. The van der Waals surface area contributed by atoms with E-state index in [1.54, 1.807) is 29.9 Å². The maximum Gasteiger partial charge on any atom is 0.271 e. The number of ketones is 1. The van der Waals surface area contributed by atoms with E-state index in [1.807, 2.05) is 24.3 Å². The van der Waals surface area contributed by atoms with E-state index in [0.717, 1.165) is 17.7 Å². The number of ether oxygens (including phenoxy) is 1. The normalized spacial score (nSPS) is 17.9. The van der Waals surface area contributed by atoms with Gasteiger partial charge in [-0.25, -0.2) is 4.99 Å². The minimum absolute atomic E-state index is 0.0145. The number of aromatic nitrogens is 1. The highest BCUT2D eigenvalue weighted by Crippen LogP contribution is 2.36. The Morgan fingerprint density at radius 2 is 1.85 bits per heavy atom. The van der Waals surface area contributed by atoms with Gasteiger partial charge < -0.3 is 4.74 Å². The molecule has 0 radical (unpaired) electrons. The molecule has 1 aliphatic carbocycles. The number of carbonyl (C=O) groups is 1. The first kappa shape index (κ1) is 21.0. The Morgan fingerprint density at radius 3 is 2.52 bits per heavy atom. The van der Waals surface area contributed by atoms with Crippen LogP contribution in [0.1, 0.15) is 36.4 Å². The van der Waals surface area contributed by atoms with Gasteiger partial charge in [-0.05, 0) is 54.3 Å². The summed E-state index contributed by atoms with van der Waals surface area (Å²) in [5.74, 6) is 0.707. The number of hydrogen-bond acceptors (Lipinski definition) is 7. The molecule has 0 saturated carbocycles. The number of carbonyl (C=O) groups excluding carboxylic acids is 1. The van der Waals surface area contributed by atoms with E-state index in [4.69, 9.17) is 9.73 Å². The molecule has 2 heterocycles. The summed E-state index contributed by atoms with van der Waals surface area (Å²) in [5, 5.41) is 10.9. The van der Waals surface area contributed by atoms with E-state index in [9.17, 15) is 19.7 Å². The van der Waals surface area contributed by atoms with Crippen LogP contribution in [0.5, 0.6) is 5.75 Å². The highest BCUT2D eigenvalue weighted by Gasteiger charge is 2.34. The van der Waals surface area contributed by atoms with Gasteiger partial charge in [0.25, 0.3) is 11.2 Å². The second-order valence-electron chi connectivity index (χ2n) is 7.84. The van der Waals surface area contributed by atoms with Crippen molar-refractivity contribution in [3.05, 3.63) is 101 Å². The number of non-ortho nitro benzene ring substituents is 1. The van der Waals surface area contributed by atoms with Crippen LogP contribution in [0.25, 0.3) is 6.08 Å². The third kappa shape index (κ3) is 3.70. The van der Waals surface area contributed by atoms with Crippen molar-refractivity contribution in [3.63, 3.8) is 0 Å². The van der Waals surface area contributed by atoms with Gasteiger partial charge in [-0.1, -0.05) is 23.5 Å². The topological polar surface area (TPSA) is 104 Å². The summed E-state index contributed by atoms with van der Waals surface area (Å²) < 4.78 is 7.30. The summed E-state index contributed by atoms with van der Waals surface area (Å²) in [6.45, 7) is 0. The number of nitro benzene ring substituents is 1. The van der Waals surface area contributed by atoms with Crippen molar-refractivity contribution in [2.75, 3.05) is 7.11 Å². The molecule has 1 aromatic heterocycles. The molecule has 1 atom stereocenters. The van der Waals surface area contributed by atoms with Gasteiger partial charge in [0, 0.05) is 24.1 Å². The van der Waals surface area contributed by atoms with Crippen LogP contribution in [0, 0.1) is 10.1 Å². The minimum Gasteiger partial charge on any atom is -0.497 e. The number of nitrogens with zero attached hydrogens (tertiary/aromatic N) is 3. The van der Waals surface area contributed by atoms with Crippen LogP contribution in [0.15, 0.2) is 69.6 Å². The number of hydrogen-bond donors (Lipinski definition) is 0. The van der Waals surface area contributed by atoms with Crippen LogP contribution < -0.4 is 19.6 Å². The Morgan fingerprint density at radius 1 is 1.12 bits per heavy atom. The van der Waals surface area contributed by atoms with E-state index in [0.29, 0.717) is 39.1 Å². The van der Waals surface area contributed by atoms with Crippen molar-refractivity contribution in [1.82, 2.24) is 4.57 Å². The second-order valence-corrected chi connectivity index (χ2v) is 8.85. The van der Waals surface area contributed by atoms with E-state index in [2.05, 4.69) is 0 Å². The van der Waals surface area contributed by atoms with Crippen molar-refractivity contribution < 1.29 is 14.5 Å². The number of rotatable bonds is 4. The van der Waals surface area contributed by atoms with Crippen LogP contribution in [0.2, 0.25) is 0 Å². The first-order valence-electron chi connectivity index (χ1n) is 10.4. The average molecular weight is 461 g/mol. The van der Waals surface area contributed by atoms with Gasteiger partial charge in [-0.15, -0.1) is 0 Å². The number of thiazole rings is 1. The summed E-state index contributed by atoms with van der Waals surface area (Å²) in [6.07, 6.45) is 3.58. The Kier molecular flexibility index (Phi) is 5.26. The van der Waals surface area contributed by atoms with Gasteiger partial charge in [-0.2, -0.15) is 0 Å². The monoisotopic (exact) mass is 461 g/mol. The Hall–Kier alpha value is -3.85. The van der Waals surface area contributed by atoms with Crippen LogP contribution in [0.3, 0.4) is 0 Å². The summed E-state index contributed by atoms with van der Waals surface area (Å²) in [4.78, 5) is 42.1. The molecule has 0 saturated heterocycles. The lowest BCUT2D eigenvalue weighted by molar-refractivity contribution is -0.384. The molecule has 33 heavy (non-hydrogen) atoms. The lowest BCUT2D eigenvalue weighted by Crippen LogP contribution is -2.40. The second kappa shape index (κ2) is 8.25. The number of nitro groups is 1. The fraction of sp³-hybridized carbons (Fsp3) is 0.208. The molecule has 1 unspecified atom stereocenters. The van der Waals surface area contributed by atoms with Crippen molar-refractivity contribution in [2.45, 2.75) is 25.3 Å². The third-order valence-corrected chi connectivity index (χ3v) is 6.84. The van der Waals surface area contributed by atoms with E-state index in [1.165, 1.54) is 23.5 Å². The van der Waals surface area contributed by atoms with Gasteiger partial charge in [-0.3, -0.25) is 24.3 Å². The minimum atomic E-state index is -0.547. The molecule has 0 amide bonds. The number of methoxy groups -OCH3 is 1. The standard InChI is InChI=1S/C24H19N3O5S/c1-32-17-11-7-15(8-12-17)22-21-18(3-2-4-19(21)28)25-24-26(22)23(29)20(33-24)13-14-5-9-16(10-6-14)27(30)31/h5-13,22H,2-4H2,1H3. The quantitative estimate of drug-likeness (QED) is 0.439. The van der Waals surface area contributed by atoms with Crippen LogP contribution in [0.4, 0.5) is 5.69 Å². The number of benzene rings is 2. The van der Waals surface area contributed by atoms with Crippen LogP contribution >= 0.6 is 11.3 Å². The molecule has 5 rings (SSSR count). The lowest BCUT2D eigenvalue weighted by Gasteiger charge is -2.28. The molecule has 0 spiro atoms. The highest BCUT2D eigenvalue weighted by molar-refractivity contribution is 7.07. The molecule has 8 nitrogen and oxygen atoms in total. The SMILES string of the molecule is COc1ccc(C2C3=C(CCCC3=O)N=c3sc(=Cc4ccc([N+](=O)[O-])cc4)c(=O)n32)cc1. The molecule has 0 N–H and O–H groups in total. The van der Waals surface area contributed by atoms with Crippen LogP contribution in [-0.4, -0.2) is 22.4 Å². The fourth-order valence-electron chi connectivity index (χ4n) is 4.26. The maximum atomic E-state index is 13.5. The molecular formula is C24H19N3O5S. The first-order valence-corrected chi connectivity index (χ1v) is 11.2. The third-order valence-electron chi connectivity index (χ3n) is 5.86. The van der Waals surface area contributed by atoms with Crippen molar-refractivity contribution in [2.24, 2.45) is 4.99 Å². The lowest BCUT2D eigenvalue weighted by atomic mass is 9.86. The molecule has 1 aliphatic heterocycles. The zero-order chi connectivity index (χ0) is 23.1. The smallest absolute Gasteiger partial charge is 0.271 e. The number of fused-ring (bicyclic) bond motifs is 1. The van der Waals surface area contributed by atoms with Gasteiger partial charge >= 0.3 is 0 Å². The Balaban J connectivity index is 1.69. The largest absolute Gasteiger partial charge is 0.497 e. The van der Waals surface area contributed by atoms with E-state index in [-0.39, 0.29) is 17.0 Å². The molecule has 3 aromatic rings. The molecule has 0 fully saturated rings. The summed E-state index contributed by atoms with van der Waals surface area (Å²) in [6, 6.07) is 12.8. The predicted octanol–water partition coefficient (Wildman–Crippen LogP) is 2.89. The van der Waals surface area contributed by atoms with Crippen molar-refractivity contribution >= 4 is 28.9 Å².